The lowest BCUT2D eigenvalue weighted by Gasteiger charge is -1.98. The minimum absolute atomic E-state index is 0.882. The maximum absolute atomic E-state index is 4.57. The number of hydrogen-bond acceptors (Lipinski definition) is 1. The van der Waals surface area contributed by atoms with E-state index in [1.807, 2.05) is 24.3 Å². The molecule has 3 heteroatoms. The molecule has 0 radical (unpaired) electrons. The van der Waals surface area contributed by atoms with Crippen LogP contribution >= 0.6 is 15.9 Å². The van der Waals surface area contributed by atoms with E-state index in [-0.39, 0.29) is 0 Å². The Kier molecular flexibility index (Phi) is 2.69. The van der Waals surface area contributed by atoms with Crippen LogP contribution in [0.4, 0.5) is 0 Å². The normalized spacial score (nSPS) is 10.9. The second-order valence-corrected chi connectivity index (χ2v) is 4.49. The number of aromatic nitrogens is 2. The standard InChI is InChI=1S/C14H11BrN2/c15-9-10-5-7-11(8-6-10)14-16-12-3-1-2-4-13(12)17-14/h1-8H,9H2,(H,16,17). The molecule has 0 amide bonds. The topological polar surface area (TPSA) is 28.7 Å². The van der Waals surface area contributed by atoms with Crippen molar-refractivity contribution in [2.75, 3.05) is 0 Å². The van der Waals surface area contributed by atoms with Crippen molar-refractivity contribution in [1.82, 2.24) is 9.97 Å². The van der Waals surface area contributed by atoms with Crippen molar-refractivity contribution in [2.45, 2.75) is 5.33 Å². The molecule has 0 spiro atoms. The van der Waals surface area contributed by atoms with Crippen LogP contribution in [0.1, 0.15) is 5.56 Å². The summed E-state index contributed by atoms with van der Waals surface area (Å²) in [6.07, 6.45) is 0. The molecular weight excluding hydrogens is 276 g/mol. The molecule has 0 atom stereocenters. The smallest absolute Gasteiger partial charge is 0.138 e. The number of hydrogen-bond donors (Lipinski definition) is 1. The van der Waals surface area contributed by atoms with Crippen LogP contribution in [0.5, 0.6) is 0 Å². The number of H-pyrrole nitrogens is 1. The number of nitrogens with one attached hydrogen (secondary N) is 1. The van der Waals surface area contributed by atoms with E-state index < -0.39 is 0 Å². The summed E-state index contributed by atoms with van der Waals surface area (Å²) in [7, 11) is 0. The molecule has 0 aliphatic rings. The molecule has 0 fully saturated rings. The maximum Gasteiger partial charge on any atom is 0.138 e. The molecule has 84 valence electrons. The highest BCUT2D eigenvalue weighted by Crippen LogP contribution is 2.21. The monoisotopic (exact) mass is 286 g/mol. The molecule has 17 heavy (non-hydrogen) atoms. The van der Waals surface area contributed by atoms with E-state index in [0.717, 1.165) is 27.8 Å². The maximum atomic E-state index is 4.57. The Morgan fingerprint density at radius 1 is 1.00 bits per heavy atom. The molecule has 3 rings (SSSR count). The third kappa shape index (κ3) is 1.98. The molecule has 0 aliphatic carbocycles. The third-order valence-electron chi connectivity index (χ3n) is 2.77. The first-order valence-corrected chi connectivity index (χ1v) is 6.59. The molecule has 0 aliphatic heterocycles. The van der Waals surface area contributed by atoms with Crippen molar-refractivity contribution in [3.05, 3.63) is 54.1 Å². The van der Waals surface area contributed by atoms with Gasteiger partial charge in [0.15, 0.2) is 0 Å². The van der Waals surface area contributed by atoms with Gasteiger partial charge >= 0.3 is 0 Å². The predicted octanol–water partition coefficient (Wildman–Crippen LogP) is 4.12. The van der Waals surface area contributed by atoms with Gasteiger partial charge in [-0.05, 0) is 17.7 Å². The van der Waals surface area contributed by atoms with Crippen molar-refractivity contribution in [2.24, 2.45) is 0 Å². The lowest BCUT2D eigenvalue weighted by Crippen LogP contribution is -1.81. The van der Waals surface area contributed by atoms with Crippen LogP contribution in [-0.2, 0) is 5.33 Å². The second kappa shape index (κ2) is 4.34. The Labute approximate surface area is 108 Å². The number of para-hydroxylation sites is 2. The van der Waals surface area contributed by atoms with E-state index in [2.05, 4.69) is 50.2 Å². The molecule has 0 saturated carbocycles. The Bertz CT molecular complexity index is 608. The summed E-state index contributed by atoms with van der Waals surface area (Å²) in [5.74, 6) is 0.923. The van der Waals surface area contributed by atoms with Crippen molar-refractivity contribution < 1.29 is 0 Å². The number of aromatic amines is 1. The van der Waals surface area contributed by atoms with E-state index in [4.69, 9.17) is 0 Å². The third-order valence-corrected chi connectivity index (χ3v) is 3.42. The van der Waals surface area contributed by atoms with Crippen LogP contribution < -0.4 is 0 Å². The Balaban J connectivity index is 2.07. The van der Waals surface area contributed by atoms with Gasteiger partial charge in [-0.1, -0.05) is 52.3 Å². The highest BCUT2D eigenvalue weighted by atomic mass is 79.9. The lowest BCUT2D eigenvalue weighted by molar-refractivity contribution is 1.32. The van der Waals surface area contributed by atoms with Gasteiger partial charge in [0.25, 0.3) is 0 Å². The lowest BCUT2D eigenvalue weighted by atomic mass is 10.1. The van der Waals surface area contributed by atoms with Crippen LogP contribution in [0.15, 0.2) is 48.5 Å². The summed E-state index contributed by atoms with van der Waals surface area (Å²) in [4.78, 5) is 7.90. The zero-order chi connectivity index (χ0) is 11.7. The fourth-order valence-electron chi connectivity index (χ4n) is 1.84. The Morgan fingerprint density at radius 3 is 2.47 bits per heavy atom. The molecule has 0 bridgehead atoms. The second-order valence-electron chi connectivity index (χ2n) is 3.93. The number of alkyl halides is 1. The van der Waals surface area contributed by atoms with Gasteiger partial charge < -0.3 is 4.98 Å². The molecule has 3 aromatic rings. The largest absolute Gasteiger partial charge is 0.338 e. The summed E-state index contributed by atoms with van der Waals surface area (Å²) < 4.78 is 0. The summed E-state index contributed by atoms with van der Waals surface area (Å²) in [5.41, 5.74) is 4.47. The minimum atomic E-state index is 0.882. The van der Waals surface area contributed by atoms with Gasteiger partial charge in [0.05, 0.1) is 11.0 Å². The zero-order valence-corrected chi connectivity index (χ0v) is 10.7. The number of rotatable bonds is 2. The molecule has 1 aromatic heterocycles. The fourth-order valence-corrected chi connectivity index (χ4v) is 2.22. The van der Waals surface area contributed by atoms with Gasteiger partial charge in [0.2, 0.25) is 0 Å². The first-order valence-electron chi connectivity index (χ1n) is 5.47. The Hall–Kier alpha value is -1.61. The first-order chi connectivity index (χ1) is 8.36. The number of benzene rings is 2. The quantitative estimate of drug-likeness (QED) is 0.705. The number of imidazole rings is 1. The molecule has 0 saturated heterocycles. The van der Waals surface area contributed by atoms with Gasteiger partial charge in [-0.3, -0.25) is 0 Å². The number of nitrogens with zero attached hydrogens (tertiary/aromatic N) is 1. The van der Waals surface area contributed by atoms with Crippen LogP contribution in [0.2, 0.25) is 0 Å². The van der Waals surface area contributed by atoms with Gasteiger partial charge in [-0.15, -0.1) is 0 Å². The highest BCUT2D eigenvalue weighted by Gasteiger charge is 2.04. The van der Waals surface area contributed by atoms with Crippen molar-refractivity contribution in [3.8, 4) is 11.4 Å². The van der Waals surface area contributed by atoms with E-state index in [0.29, 0.717) is 0 Å². The van der Waals surface area contributed by atoms with Gasteiger partial charge in [0.1, 0.15) is 5.82 Å². The van der Waals surface area contributed by atoms with Gasteiger partial charge in [0, 0.05) is 10.9 Å². The van der Waals surface area contributed by atoms with Gasteiger partial charge in [-0.2, -0.15) is 0 Å². The summed E-state index contributed by atoms with van der Waals surface area (Å²) in [6, 6.07) is 16.5. The van der Waals surface area contributed by atoms with Crippen LogP contribution in [0.25, 0.3) is 22.4 Å². The number of fused-ring (bicyclic) bond motifs is 1. The molecular formula is C14H11BrN2. The predicted molar refractivity (Wildman–Crippen MR) is 74.2 cm³/mol. The van der Waals surface area contributed by atoms with Gasteiger partial charge in [-0.25, -0.2) is 4.98 Å². The molecule has 0 unspecified atom stereocenters. The average molecular weight is 287 g/mol. The molecule has 2 aromatic carbocycles. The number of halogens is 1. The summed E-state index contributed by atoms with van der Waals surface area (Å²) in [5, 5.41) is 0.882. The van der Waals surface area contributed by atoms with Crippen molar-refractivity contribution in [3.63, 3.8) is 0 Å². The average Bonchev–Trinajstić information content (AvgIpc) is 2.82. The fraction of sp³-hybridized carbons (Fsp3) is 0.0714. The minimum Gasteiger partial charge on any atom is -0.338 e. The van der Waals surface area contributed by atoms with Crippen LogP contribution in [0, 0.1) is 0 Å². The Morgan fingerprint density at radius 2 is 1.76 bits per heavy atom. The SMILES string of the molecule is BrCc1ccc(-c2nc3ccccc3[nH]2)cc1. The van der Waals surface area contributed by atoms with E-state index in [1.165, 1.54) is 5.56 Å². The first kappa shape index (κ1) is 10.5. The van der Waals surface area contributed by atoms with E-state index in [9.17, 15) is 0 Å². The van der Waals surface area contributed by atoms with Crippen LogP contribution in [0.3, 0.4) is 0 Å². The molecule has 1 N–H and O–H groups in total. The highest BCUT2D eigenvalue weighted by molar-refractivity contribution is 9.08. The van der Waals surface area contributed by atoms with Crippen LogP contribution in [-0.4, -0.2) is 9.97 Å². The molecule has 1 heterocycles. The van der Waals surface area contributed by atoms with E-state index in [1.54, 1.807) is 0 Å². The molecule has 2 nitrogen and oxygen atoms in total. The zero-order valence-electron chi connectivity index (χ0n) is 9.15. The summed E-state index contributed by atoms with van der Waals surface area (Å²) >= 11 is 3.44. The van der Waals surface area contributed by atoms with E-state index >= 15 is 0 Å². The van der Waals surface area contributed by atoms with Crippen molar-refractivity contribution in [1.29, 1.82) is 0 Å². The summed E-state index contributed by atoms with van der Waals surface area (Å²) in [6.45, 7) is 0. The van der Waals surface area contributed by atoms with Crippen molar-refractivity contribution >= 4 is 27.0 Å².